The molecule has 1 aliphatic heterocycles. The van der Waals surface area contributed by atoms with Crippen LogP contribution in [-0.2, 0) is 23.3 Å². The number of likely N-dealkylation sites (tertiary alicyclic amines) is 1. The van der Waals surface area contributed by atoms with Crippen LogP contribution in [0.4, 0.5) is 0 Å². The van der Waals surface area contributed by atoms with Crippen LogP contribution in [0.1, 0.15) is 43.5 Å². The first-order chi connectivity index (χ1) is 11.0. The SMILES string of the molecule is CCn1cc(CN2C[C@@](C)(c3ccccc3)CCC2=O)c(C)n1. The summed E-state index contributed by atoms with van der Waals surface area (Å²) in [4.78, 5) is 14.4. The summed E-state index contributed by atoms with van der Waals surface area (Å²) in [6.07, 6.45) is 3.60. The number of rotatable bonds is 4. The van der Waals surface area contributed by atoms with Gasteiger partial charge in [-0.2, -0.15) is 5.10 Å². The van der Waals surface area contributed by atoms with Crippen LogP contribution in [0.5, 0.6) is 0 Å². The van der Waals surface area contributed by atoms with Crippen molar-refractivity contribution in [2.75, 3.05) is 6.54 Å². The molecule has 23 heavy (non-hydrogen) atoms. The molecule has 0 N–H and O–H groups in total. The fraction of sp³-hybridized carbons (Fsp3) is 0.474. The molecule has 0 aliphatic carbocycles. The van der Waals surface area contributed by atoms with Gasteiger partial charge in [0, 0.05) is 43.2 Å². The van der Waals surface area contributed by atoms with Gasteiger partial charge in [-0.25, -0.2) is 0 Å². The highest BCUT2D eigenvalue weighted by Gasteiger charge is 2.36. The molecule has 0 saturated carbocycles. The minimum absolute atomic E-state index is 0.0316. The zero-order chi connectivity index (χ0) is 16.4. The average molecular weight is 311 g/mol. The van der Waals surface area contributed by atoms with Crippen LogP contribution in [0.15, 0.2) is 36.5 Å². The summed E-state index contributed by atoms with van der Waals surface area (Å²) < 4.78 is 1.94. The summed E-state index contributed by atoms with van der Waals surface area (Å²) in [5.74, 6) is 0.252. The van der Waals surface area contributed by atoms with Crippen molar-refractivity contribution in [3.63, 3.8) is 0 Å². The van der Waals surface area contributed by atoms with Crippen molar-refractivity contribution in [1.29, 1.82) is 0 Å². The van der Waals surface area contributed by atoms with E-state index in [0.29, 0.717) is 13.0 Å². The summed E-state index contributed by atoms with van der Waals surface area (Å²) in [7, 11) is 0. The standard InChI is InChI=1S/C19H25N3O/c1-4-22-13-16(15(2)20-22)12-21-14-19(3,11-10-18(21)23)17-8-6-5-7-9-17/h5-9,13H,4,10-12,14H2,1-3H3/t19-/m0/s1. The van der Waals surface area contributed by atoms with Gasteiger partial charge >= 0.3 is 0 Å². The topological polar surface area (TPSA) is 38.1 Å². The van der Waals surface area contributed by atoms with Crippen LogP contribution < -0.4 is 0 Å². The summed E-state index contributed by atoms with van der Waals surface area (Å²) in [5.41, 5.74) is 3.52. The van der Waals surface area contributed by atoms with E-state index in [1.54, 1.807) is 0 Å². The Labute approximate surface area is 138 Å². The fourth-order valence-electron chi connectivity index (χ4n) is 3.43. The minimum Gasteiger partial charge on any atom is -0.337 e. The van der Waals surface area contributed by atoms with Crippen molar-refractivity contribution in [3.8, 4) is 0 Å². The van der Waals surface area contributed by atoms with E-state index in [9.17, 15) is 4.79 Å². The minimum atomic E-state index is 0.0316. The Kier molecular flexibility index (Phi) is 4.24. The number of piperidine rings is 1. The molecular weight excluding hydrogens is 286 g/mol. The van der Waals surface area contributed by atoms with Gasteiger partial charge in [0.1, 0.15) is 0 Å². The first-order valence-corrected chi connectivity index (χ1v) is 8.38. The van der Waals surface area contributed by atoms with Crippen molar-refractivity contribution in [1.82, 2.24) is 14.7 Å². The average Bonchev–Trinajstić information content (AvgIpc) is 2.92. The maximum atomic E-state index is 12.4. The van der Waals surface area contributed by atoms with E-state index in [4.69, 9.17) is 0 Å². The lowest BCUT2D eigenvalue weighted by Gasteiger charge is -2.40. The van der Waals surface area contributed by atoms with Gasteiger partial charge in [-0.05, 0) is 25.8 Å². The van der Waals surface area contributed by atoms with Crippen LogP contribution in [0, 0.1) is 6.92 Å². The third kappa shape index (κ3) is 3.16. The molecule has 1 atom stereocenters. The normalized spacial score (nSPS) is 21.7. The number of nitrogens with zero attached hydrogens (tertiary/aromatic N) is 3. The molecule has 1 fully saturated rings. The predicted molar refractivity (Wildman–Crippen MR) is 91.1 cm³/mol. The number of hydrogen-bond acceptors (Lipinski definition) is 2. The van der Waals surface area contributed by atoms with E-state index in [2.05, 4.69) is 49.4 Å². The second-order valence-corrected chi connectivity index (χ2v) is 6.77. The Morgan fingerprint density at radius 2 is 2.00 bits per heavy atom. The van der Waals surface area contributed by atoms with Crippen molar-refractivity contribution < 1.29 is 4.79 Å². The Morgan fingerprint density at radius 1 is 1.26 bits per heavy atom. The van der Waals surface area contributed by atoms with Crippen molar-refractivity contribution in [2.45, 2.75) is 52.1 Å². The second kappa shape index (κ2) is 6.19. The molecule has 1 aromatic heterocycles. The van der Waals surface area contributed by atoms with E-state index >= 15 is 0 Å². The number of aromatic nitrogens is 2. The van der Waals surface area contributed by atoms with E-state index < -0.39 is 0 Å². The molecule has 0 spiro atoms. The number of carbonyl (C=O) groups is 1. The lowest BCUT2D eigenvalue weighted by atomic mass is 9.75. The first kappa shape index (κ1) is 15.8. The molecule has 1 saturated heterocycles. The van der Waals surface area contributed by atoms with E-state index in [1.165, 1.54) is 5.56 Å². The molecular formula is C19H25N3O. The smallest absolute Gasteiger partial charge is 0.222 e. The molecule has 0 radical (unpaired) electrons. The molecule has 4 nitrogen and oxygen atoms in total. The third-order valence-electron chi connectivity index (χ3n) is 4.99. The number of aryl methyl sites for hydroxylation is 2. The van der Waals surface area contributed by atoms with Crippen LogP contribution in [0.25, 0.3) is 0 Å². The molecule has 4 heteroatoms. The second-order valence-electron chi connectivity index (χ2n) is 6.77. The first-order valence-electron chi connectivity index (χ1n) is 8.38. The summed E-state index contributed by atoms with van der Waals surface area (Å²) >= 11 is 0. The fourth-order valence-corrected chi connectivity index (χ4v) is 3.43. The largest absolute Gasteiger partial charge is 0.337 e. The number of carbonyl (C=O) groups excluding carboxylic acids is 1. The highest BCUT2D eigenvalue weighted by Crippen LogP contribution is 2.34. The van der Waals surface area contributed by atoms with Crippen LogP contribution in [-0.4, -0.2) is 27.1 Å². The van der Waals surface area contributed by atoms with Gasteiger partial charge < -0.3 is 4.90 Å². The molecule has 0 unspecified atom stereocenters. The van der Waals surface area contributed by atoms with Crippen molar-refractivity contribution in [2.24, 2.45) is 0 Å². The molecule has 122 valence electrons. The lowest BCUT2D eigenvalue weighted by Crippen LogP contribution is -2.47. The van der Waals surface area contributed by atoms with Gasteiger partial charge in [0.2, 0.25) is 5.91 Å². The molecule has 2 heterocycles. The zero-order valence-electron chi connectivity index (χ0n) is 14.2. The number of amides is 1. The molecule has 1 aliphatic rings. The van der Waals surface area contributed by atoms with E-state index in [1.807, 2.05) is 22.6 Å². The predicted octanol–water partition coefficient (Wildman–Crippen LogP) is 3.29. The van der Waals surface area contributed by atoms with Gasteiger partial charge in [0.25, 0.3) is 0 Å². The maximum Gasteiger partial charge on any atom is 0.222 e. The number of hydrogen-bond donors (Lipinski definition) is 0. The van der Waals surface area contributed by atoms with E-state index in [0.717, 1.165) is 30.8 Å². The summed E-state index contributed by atoms with van der Waals surface area (Å²) in [6.45, 7) is 8.65. The monoisotopic (exact) mass is 311 g/mol. The van der Waals surface area contributed by atoms with Crippen LogP contribution in [0.3, 0.4) is 0 Å². The summed E-state index contributed by atoms with van der Waals surface area (Å²) in [5, 5.41) is 4.49. The zero-order valence-corrected chi connectivity index (χ0v) is 14.2. The van der Waals surface area contributed by atoms with Gasteiger partial charge in [-0.1, -0.05) is 37.3 Å². The maximum absolute atomic E-state index is 12.4. The Morgan fingerprint density at radius 3 is 2.65 bits per heavy atom. The van der Waals surface area contributed by atoms with Gasteiger partial charge in [-0.3, -0.25) is 9.48 Å². The highest BCUT2D eigenvalue weighted by atomic mass is 16.2. The Hall–Kier alpha value is -2.10. The van der Waals surface area contributed by atoms with Crippen molar-refractivity contribution in [3.05, 3.63) is 53.3 Å². The third-order valence-corrected chi connectivity index (χ3v) is 4.99. The summed E-state index contributed by atoms with van der Waals surface area (Å²) in [6, 6.07) is 10.6. The van der Waals surface area contributed by atoms with Crippen LogP contribution in [0.2, 0.25) is 0 Å². The molecule has 2 aromatic rings. The van der Waals surface area contributed by atoms with Crippen molar-refractivity contribution >= 4 is 5.91 Å². The quantitative estimate of drug-likeness (QED) is 0.869. The van der Waals surface area contributed by atoms with Gasteiger partial charge in [0.05, 0.1) is 5.69 Å². The Balaban J connectivity index is 1.81. The molecule has 3 rings (SSSR count). The number of benzene rings is 1. The Bertz CT molecular complexity index is 692. The molecule has 1 aromatic carbocycles. The molecule has 1 amide bonds. The van der Waals surface area contributed by atoms with Gasteiger partial charge in [0.15, 0.2) is 0 Å². The van der Waals surface area contributed by atoms with E-state index in [-0.39, 0.29) is 11.3 Å². The van der Waals surface area contributed by atoms with Gasteiger partial charge in [-0.15, -0.1) is 0 Å². The lowest BCUT2D eigenvalue weighted by molar-refractivity contribution is -0.136. The van der Waals surface area contributed by atoms with Crippen LogP contribution >= 0.6 is 0 Å². The highest BCUT2D eigenvalue weighted by molar-refractivity contribution is 5.77. The molecule has 0 bridgehead atoms.